The summed E-state index contributed by atoms with van der Waals surface area (Å²) in [6.07, 6.45) is 12.4. The fourth-order valence-corrected chi connectivity index (χ4v) is 6.39. The number of carbonyl (C=O) groups excluding carboxylic acids is 2. The van der Waals surface area contributed by atoms with E-state index in [-0.39, 0.29) is 16.7 Å². The standard InChI is InChI=1S/C22H31NO2/c1-4-20(25)23-19-8-7-17-16-6-5-14-13-15(24)9-11-21(14,2)18(16)10-12-22(17,19)3/h10,13,16-17,19H,4-9,11-12H2,1-3H3,(H,23,25). The lowest BCUT2D eigenvalue weighted by Crippen LogP contribution is -2.50. The number of amides is 1. The van der Waals surface area contributed by atoms with Crippen LogP contribution < -0.4 is 5.32 Å². The van der Waals surface area contributed by atoms with Gasteiger partial charge in [-0.2, -0.15) is 0 Å². The molecular weight excluding hydrogens is 310 g/mol. The maximum atomic E-state index is 12.0. The van der Waals surface area contributed by atoms with Gasteiger partial charge in [0.1, 0.15) is 0 Å². The third-order valence-electron chi connectivity index (χ3n) is 7.99. The lowest BCUT2D eigenvalue weighted by atomic mass is 9.51. The highest BCUT2D eigenvalue weighted by Crippen LogP contribution is 2.62. The smallest absolute Gasteiger partial charge is 0.219 e. The van der Waals surface area contributed by atoms with Crippen LogP contribution >= 0.6 is 0 Å². The van der Waals surface area contributed by atoms with Gasteiger partial charge in [-0.1, -0.05) is 38.0 Å². The SMILES string of the molecule is CCC(=O)NC1CCC2C3CCC4=CC(=O)CCC4(C)C3=CCC12C. The molecule has 0 aliphatic heterocycles. The summed E-state index contributed by atoms with van der Waals surface area (Å²) in [7, 11) is 0. The zero-order chi connectivity index (χ0) is 17.8. The van der Waals surface area contributed by atoms with Gasteiger partial charge in [0.25, 0.3) is 0 Å². The van der Waals surface area contributed by atoms with Crippen molar-refractivity contribution < 1.29 is 9.59 Å². The van der Waals surface area contributed by atoms with Crippen LogP contribution in [0.3, 0.4) is 0 Å². The second-order valence-electron chi connectivity index (χ2n) is 9.14. The highest BCUT2D eigenvalue weighted by atomic mass is 16.1. The van der Waals surface area contributed by atoms with E-state index in [9.17, 15) is 9.59 Å². The molecule has 0 aromatic rings. The lowest BCUT2D eigenvalue weighted by molar-refractivity contribution is -0.122. The van der Waals surface area contributed by atoms with Crippen molar-refractivity contribution in [3.63, 3.8) is 0 Å². The number of rotatable bonds is 2. The number of allylic oxidation sites excluding steroid dienone is 4. The minimum Gasteiger partial charge on any atom is -0.353 e. The van der Waals surface area contributed by atoms with Crippen molar-refractivity contribution in [2.24, 2.45) is 22.7 Å². The number of hydrogen-bond acceptors (Lipinski definition) is 2. The van der Waals surface area contributed by atoms with Crippen LogP contribution in [0.1, 0.15) is 72.1 Å². The third kappa shape index (κ3) is 2.45. The number of carbonyl (C=O) groups is 2. The van der Waals surface area contributed by atoms with Gasteiger partial charge in [0.05, 0.1) is 0 Å². The van der Waals surface area contributed by atoms with E-state index >= 15 is 0 Å². The summed E-state index contributed by atoms with van der Waals surface area (Å²) in [5.41, 5.74) is 3.30. The van der Waals surface area contributed by atoms with Crippen LogP contribution in [-0.2, 0) is 9.59 Å². The van der Waals surface area contributed by atoms with E-state index in [1.54, 1.807) is 5.57 Å². The van der Waals surface area contributed by atoms with Crippen molar-refractivity contribution in [2.75, 3.05) is 0 Å². The van der Waals surface area contributed by atoms with Crippen LogP contribution in [-0.4, -0.2) is 17.7 Å². The quantitative estimate of drug-likeness (QED) is 0.760. The Labute approximate surface area is 151 Å². The first-order valence-corrected chi connectivity index (χ1v) is 10.1. The van der Waals surface area contributed by atoms with Crippen LogP contribution in [0.2, 0.25) is 0 Å². The van der Waals surface area contributed by atoms with Gasteiger partial charge in [0.2, 0.25) is 5.91 Å². The number of hydrogen-bond donors (Lipinski definition) is 1. The van der Waals surface area contributed by atoms with Gasteiger partial charge in [0, 0.05) is 24.3 Å². The predicted molar refractivity (Wildman–Crippen MR) is 98.9 cm³/mol. The second-order valence-corrected chi connectivity index (χ2v) is 9.14. The van der Waals surface area contributed by atoms with E-state index in [0.717, 1.165) is 25.7 Å². The molecule has 0 saturated heterocycles. The van der Waals surface area contributed by atoms with Gasteiger partial charge in [-0.15, -0.1) is 0 Å². The predicted octanol–water partition coefficient (Wildman–Crippen LogP) is 4.33. The van der Waals surface area contributed by atoms with E-state index in [4.69, 9.17) is 0 Å². The van der Waals surface area contributed by atoms with Crippen LogP contribution in [0.4, 0.5) is 0 Å². The molecule has 1 N–H and O–H groups in total. The minimum absolute atomic E-state index is 0.114. The van der Waals surface area contributed by atoms with Crippen LogP contribution in [0, 0.1) is 22.7 Å². The highest BCUT2D eigenvalue weighted by Gasteiger charge is 2.56. The van der Waals surface area contributed by atoms with Crippen molar-refractivity contribution >= 4 is 11.7 Å². The van der Waals surface area contributed by atoms with Gasteiger partial charge < -0.3 is 5.32 Å². The Morgan fingerprint density at radius 2 is 2.04 bits per heavy atom. The molecule has 3 nitrogen and oxygen atoms in total. The maximum absolute atomic E-state index is 12.0. The van der Waals surface area contributed by atoms with Gasteiger partial charge in [-0.3, -0.25) is 9.59 Å². The first kappa shape index (κ1) is 17.1. The minimum atomic E-state index is 0.114. The van der Waals surface area contributed by atoms with Crippen molar-refractivity contribution in [1.82, 2.24) is 5.32 Å². The molecule has 0 radical (unpaired) electrons. The van der Waals surface area contributed by atoms with Gasteiger partial charge in [-0.25, -0.2) is 0 Å². The topological polar surface area (TPSA) is 46.2 Å². The van der Waals surface area contributed by atoms with E-state index in [1.165, 1.54) is 18.4 Å². The summed E-state index contributed by atoms with van der Waals surface area (Å²) in [5.74, 6) is 1.81. The summed E-state index contributed by atoms with van der Waals surface area (Å²) in [6.45, 7) is 6.71. The molecule has 2 fully saturated rings. The van der Waals surface area contributed by atoms with Gasteiger partial charge >= 0.3 is 0 Å². The molecule has 5 unspecified atom stereocenters. The molecule has 1 amide bonds. The van der Waals surface area contributed by atoms with E-state index in [0.29, 0.717) is 36.5 Å². The summed E-state index contributed by atoms with van der Waals surface area (Å²) < 4.78 is 0. The molecule has 4 aliphatic carbocycles. The number of nitrogens with one attached hydrogen (secondary N) is 1. The molecular formula is C22H31NO2. The van der Waals surface area contributed by atoms with E-state index < -0.39 is 0 Å². The molecule has 0 aromatic carbocycles. The number of ketones is 1. The van der Waals surface area contributed by atoms with Gasteiger partial charge in [0.15, 0.2) is 5.78 Å². The largest absolute Gasteiger partial charge is 0.353 e. The van der Waals surface area contributed by atoms with Crippen molar-refractivity contribution in [2.45, 2.75) is 78.2 Å². The molecule has 4 rings (SSSR count). The molecule has 4 aliphatic rings. The van der Waals surface area contributed by atoms with Crippen molar-refractivity contribution in [1.29, 1.82) is 0 Å². The van der Waals surface area contributed by atoms with Crippen LogP contribution in [0.25, 0.3) is 0 Å². The lowest BCUT2D eigenvalue weighted by Gasteiger charge is -2.53. The zero-order valence-corrected chi connectivity index (χ0v) is 15.9. The molecule has 3 heteroatoms. The Bertz CT molecular complexity index is 676. The Kier molecular flexibility index (Phi) is 3.97. The average Bonchev–Trinajstić information content (AvgIpc) is 2.92. The molecule has 136 valence electrons. The number of fused-ring (bicyclic) bond motifs is 5. The monoisotopic (exact) mass is 341 g/mol. The van der Waals surface area contributed by atoms with E-state index in [2.05, 4.69) is 25.2 Å². The van der Waals surface area contributed by atoms with Crippen molar-refractivity contribution in [3.8, 4) is 0 Å². The fourth-order valence-electron chi connectivity index (χ4n) is 6.39. The Balaban J connectivity index is 1.66. The average molecular weight is 341 g/mol. The first-order chi connectivity index (χ1) is 11.9. The molecule has 5 atom stereocenters. The Morgan fingerprint density at radius 3 is 2.80 bits per heavy atom. The Morgan fingerprint density at radius 1 is 1.24 bits per heavy atom. The molecule has 0 spiro atoms. The van der Waals surface area contributed by atoms with Gasteiger partial charge in [-0.05, 0) is 61.9 Å². The molecule has 0 bridgehead atoms. The molecule has 0 heterocycles. The molecule has 2 saturated carbocycles. The normalized spacial score (nSPS) is 42.7. The van der Waals surface area contributed by atoms with E-state index in [1.807, 2.05) is 13.0 Å². The third-order valence-corrected chi connectivity index (χ3v) is 7.99. The summed E-state index contributed by atoms with van der Waals surface area (Å²) in [4.78, 5) is 23.9. The fraction of sp³-hybridized carbons (Fsp3) is 0.727. The Hall–Kier alpha value is -1.38. The zero-order valence-electron chi connectivity index (χ0n) is 15.9. The van der Waals surface area contributed by atoms with Crippen LogP contribution in [0.5, 0.6) is 0 Å². The first-order valence-electron chi connectivity index (χ1n) is 10.1. The van der Waals surface area contributed by atoms with Crippen molar-refractivity contribution in [3.05, 3.63) is 23.3 Å². The van der Waals surface area contributed by atoms with Crippen LogP contribution in [0.15, 0.2) is 23.3 Å². The second kappa shape index (κ2) is 5.82. The molecule has 25 heavy (non-hydrogen) atoms. The summed E-state index contributed by atoms with van der Waals surface area (Å²) in [5, 5.41) is 3.31. The highest BCUT2D eigenvalue weighted by molar-refractivity contribution is 5.92. The molecule has 0 aromatic heterocycles. The summed E-state index contributed by atoms with van der Waals surface area (Å²) in [6, 6.07) is 0.320. The maximum Gasteiger partial charge on any atom is 0.219 e. The summed E-state index contributed by atoms with van der Waals surface area (Å²) >= 11 is 0.